The van der Waals surface area contributed by atoms with Crippen LogP contribution in [0.2, 0.25) is 0 Å². The van der Waals surface area contributed by atoms with Gasteiger partial charge in [-0.25, -0.2) is 4.98 Å². The van der Waals surface area contributed by atoms with Crippen LogP contribution in [-0.4, -0.2) is 15.9 Å². The van der Waals surface area contributed by atoms with Crippen molar-refractivity contribution in [3.05, 3.63) is 54.1 Å². The normalized spacial score (nSPS) is 10.7. The van der Waals surface area contributed by atoms with Crippen LogP contribution in [0.15, 0.2) is 42.7 Å². The molecule has 2 aromatic rings. The molecule has 0 unspecified atom stereocenters. The molecule has 0 aliphatic heterocycles. The first-order valence-corrected chi connectivity index (χ1v) is 5.54. The Morgan fingerprint density at radius 1 is 1.50 bits per heavy atom. The number of anilines is 1. The van der Waals surface area contributed by atoms with Crippen LogP contribution in [-0.2, 0) is 11.3 Å². The minimum absolute atomic E-state index is 0.172. The fourth-order valence-electron chi connectivity index (χ4n) is 1.46. The second-order valence-electron chi connectivity index (χ2n) is 3.76. The van der Waals surface area contributed by atoms with Gasteiger partial charge in [0, 0.05) is 24.2 Å². The molecule has 0 bridgehead atoms. The number of carbonyl (C=O) groups excluding carboxylic acids is 1. The number of imidazole rings is 1. The van der Waals surface area contributed by atoms with Crippen molar-refractivity contribution in [2.75, 3.05) is 5.73 Å². The second-order valence-corrected chi connectivity index (χ2v) is 3.76. The monoisotopic (exact) mass is 242 g/mol. The van der Waals surface area contributed by atoms with E-state index in [2.05, 4.69) is 15.3 Å². The molecule has 1 aromatic heterocycles. The average Bonchev–Trinajstić information content (AvgIpc) is 2.87. The summed E-state index contributed by atoms with van der Waals surface area (Å²) >= 11 is 0. The Hall–Kier alpha value is -2.56. The van der Waals surface area contributed by atoms with Gasteiger partial charge < -0.3 is 16.0 Å². The summed E-state index contributed by atoms with van der Waals surface area (Å²) < 4.78 is 0. The van der Waals surface area contributed by atoms with Crippen LogP contribution in [0.5, 0.6) is 0 Å². The number of nitrogen functional groups attached to an aromatic ring is 1. The first-order chi connectivity index (χ1) is 8.74. The van der Waals surface area contributed by atoms with E-state index in [0.717, 1.165) is 11.4 Å². The quantitative estimate of drug-likeness (QED) is 0.558. The Labute approximate surface area is 105 Å². The van der Waals surface area contributed by atoms with Crippen LogP contribution < -0.4 is 11.1 Å². The molecule has 1 aromatic carbocycles. The van der Waals surface area contributed by atoms with Gasteiger partial charge in [-0.2, -0.15) is 0 Å². The summed E-state index contributed by atoms with van der Waals surface area (Å²) in [6.45, 7) is 0.382. The van der Waals surface area contributed by atoms with Gasteiger partial charge in [0.15, 0.2) is 0 Å². The van der Waals surface area contributed by atoms with Gasteiger partial charge >= 0.3 is 0 Å². The molecule has 0 saturated heterocycles. The van der Waals surface area contributed by atoms with E-state index in [1.165, 1.54) is 6.08 Å². The molecule has 0 radical (unpaired) electrons. The highest BCUT2D eigenvalue weighted by atomic mass is 16.1. The second kappa shape index (κ2) is 5.67. The first kappa shape index (κ1) is 11.9. The lowest BCUT2D eigenvalue weighted by Crippen LogP contribution is -2.20. The standard InChI is InChI=1S/C13H14N4O/c14-11-3-1-2-10(8-11)4-5-13(18)17-9-12-15-6-7-16-12/h1-8H,9,14H2,(H,15,16)(H,17,18)/b5-4+. The van der Waals surface area contributed by atoms with E-state index in [9.17, 15) is 4.79 Å². The van der Waals surface area contributed by atoms with Gasteiger partial charge in [0.2, 0.25) is 5.91 Å². The van der Waals surface area contributed by atoms with Crippen LogP contribution in [0.4, 0.5) is 5.69 Å². The van der Waals surface area contributed by atoms with E-state index in [4.69, 9.17) is 5.73 Å². The Kier molecular flexibility index (Phi) is 3.76. The van der Waals surface area contributed by atoms with Crippen molar-refractivity contribution in [1.29, 1.82) is 0 Å². The molecule has 2 rings (SSSR count). The number of nitrogens with two attached hydrogens (primary N) is 1. The molecule has 0 aliphatic carbocycles. The summed E-state index contributed by atoms with van der Waals surface area (Å²) in [5.41, 5.74) is 7.21. The van der Waals surface area contributed by atoms with Crippen molar-refractivity contribution < 1.29 is 4.79 Å². The molecule has 0 atom stereocenters. The number of H-pyrrole nitrogens is 1. The summed E-state index contributed by atoms with van der Waals surface area (Å²) in [6.07, 6.45) is 6.54. The van der Waals surface area contributed by atoms with E-state index in [1.54, 1.807) is 30.6 Å². The molecule has 0 saturated carbocycles. The molecule has 0 fully saturated rings. The number of aromatic amines is 1. The van der Waals surface area contributed by atoms with Gasteiger partial charge in [0.25, 0.3) is 0 Å². The number of hydrogen-bond donors (Lipinski definition) is 3. The van der Waals surface area contributed by atoms with E-state index in [1.807, 2.05) is 12.1 Å². The minimum Gasteiger partial charge on any atom is -0.399 e. The molecule has 4 N–H and O–H groups in total. The number of amides is 1. The molecule has 92 valence electrons. The Balaban J connectivity index is 1.87. The van der Waals surface area contributed by atoms with E-state index >= 15 is 0 Å². The van der Waals surface area contributed by atoms with Crippen molar-refractivity contribution >= 4 is 17.7 Å². The zero-order chi connectivity index (χ0) is 12.8. The van der Waals surface area contributed by atoms with Crippen molar-refractivity contribution in [2.24, 2.45) is 0 Å². The van der Waals surface area contributed by atoms with E-state index in [0.29, 0.717) is 12.2 Å². The number of aromatic nitrogens is 2. The highest BCUT2D eigenvalue weighted by molar-refractivity contribution is 5.91. The number of nitrogens with one attached hydrogen (secondary N) is 2. The summed E-state index contributed by atoms with van der Waals surface area (Å²) in [7, 11) is 0. The number of hydrogen-bond acceptors (Lipinski definition) is 3. The molecule has 18 heavy (non-hydrogen) atoms. The summed E-state index contributed by atoms with van der Waals surface area (Å²) in [6, 6.07) is 7.33. The summed E-state index contributed by atoms with van der Waals surface area (Å²) in [5.74, 6) is 0.550. The maximum Gasteiger partial charge on any atom is 0.244 e. The van der Waals surface area contributed by atoms with E-state index < -0.39 is 0 Å². The van der Waals surface area contributed by atoms with Gasteiger partial charge in [0.05, 0.1) is 6.54 Å². The Bertz CT molecular complexity index is 546. The van der Waals surface area contributed by atoms with Crippen LogP contribution in [0.1, 0.15) is 11.4 Å². The highest BCUT2D eigenvalue weighted by Crippen LogP contribution is 2.07. The summed E-state index contributed by atoms with van der Waals surface area (Å²) in [5, 5.41) is 2.72. The van der Waals surface area contributed by atoms with Gasteiger partial charge in [0.1, 0.15) is 5.82 Å². The predicted octanol–water partition coefficient (Wildman–Crippen LogP) is 1.32. The number of nitrogens with zero attached hydrogens (tertiary/aromatic N) is 1. The molecule has 0 aliphatic rings. The lowest BCUT2D eigenvalue weighted by Gasteiger charge is -1.99. The Morgan fingerprint density at radius 2 is 2.39 bits per heavy atom. The third-order valence-electron chi connectivity index (χ3n) is 2.32. The van der Waals surface area contributed by atoms with E-state index in [-0.39, 0.29) is 5.91 Å². The fourth-order valence-corrected chi connectivity index (χ4v) is 1.46. The number of rotatable bonds is 4. The smallest absolute Gasteiger partial charge is 0.244 e. The zero-order valence-corrected chi connectivity index (χ0v) is 9.76. The molecular weight excluding hydrogens is 228 g/mol. The molecule has 0 spiro atoms. The lowest BCUT2D eigenvalue weighted by atomic mass is 10.2. The van der Waals surface area contributed by atoms with Crippen molar-refractivity contribution in [1.82, 2.24) is 15.3 Å². The van der Waals surface area contributed by atoms with Crippen LogP contribution in [0.25, 0.3) is 6.08 Å². The molecule has 5 nitrogen and oxygen atoms in total. The van der Waals surface area contributed by atoms with Crippen molar-refractivity contribution in [2.45, 2.75) is 6.54 Å². The minimum atomic E-state index is -0.172. The average molecular weight is 242 g/mol. The Morgan fingerprint density at radius 3 is 3.11 bits per heavy atom. The summed E-state index contributed by atoms with van der Waals surface area (Å²) in [4.78, 5) is 18.4. The molecular formula is C13H14N4O. The largest absolute Gasteiger partial charge is 0.399 e. The lowest BCUT2D eigenvalue weighted by molar-refractivity contribution is -0.116. The van der Waals surface area contributed by atoms with Crippen LogP contribution in [0.3, 0.4) is 0 Å². The molecule has 1 amide bonds. The van der Waals surface area contributed by atoms with Crippen molar-refractivity contribution in [3.63, 3.8) is 0 Å². The van der Waals surface area contributed by atoms with Crippen molar-refractivity contribution in [3.8, 4) is 0 Å². The number of benzene rings is 1. The zero-order valence-electron chi connectivity index (χ0n) is 9.76. The van der Waals surface area contributed by atoms with Crippen LogP contribution in [0, 0.1) is 0 Å². The number of carbonyl (C=O) groups is 1. The van der Waals surface area contributed by atoms with Gasteiger partial charge in [-0.1, -0.05) is 12.1 Å². The highest BCUT2D eigenvalue weighted by Gasteiger charge is 1.97. The maximum absolute atomic E-state index is 11.5. The molecule has 1 heterocycles. The SMILES string of the molecule is Nc1cccc(/C=C/C(=O)NCc2ncc[nH]2)c1. The van der Waals surface area contributed by atoms with Gasteiger partial charge in [-0.3, -0.25) is 4.79 Å². The first-order valence-electron chi connectivity index (χ1n) is 5.54. The third-order valence-corrected chi connectivity index (χ3v) is 2.32. The topological polar surface area (TPSA) is 83.8 Å². The maximum atomic E-state index is 11.5. The predicted molar refractivity (Wildman–Crippen MR) is 70.3 cm³/mol. The third kappa shape index (κ3) is 3.48. The van der Waals surface area contributed by atoms with Gasteiger partial charge in [-0.15, -0.1) is 0 Å². The van der Waals surface area contributed by atoms with Gasteiger partial charge in [-0.05, 0) is 23.8 Å². The fraction of sp³-hybridized carbons (Fsp3) is 0.0769. The van der Waals surface area contributed by atoms with Crippen LogP contribution >= 0.6 is 0 Å². The molecule has 5 heteroatoms.